The molecule has 1 aliphatic heterocycles. The molecule has 0 saturated carbocycles. The van der Waals surface area contributed by atoms with E-state index in [9.17, 15) is 14.9 Å². The number of hydrogen-bond donors (Lipinski definition) is 3. The van der Waals surface area contributed by atoms with Crippen LogP contribution in [0.1, 0.15) is 29.5 Å². The van der Waals surface area contributed by atoms with Gasteiger partial charge in [0.15, 0.2) is 0 Å². The molecule has 3 aromatic carbocycles. The minimum Gasteiger partial charge on any atom is -0.353 e. The van der Waals surface area contributed by atoms with Crippen LogP contribution in [0.2, 0.25) is 5.02 Å². The average molecular weight is 543 g/mol. The second-order valence-corrected chi connectivity index (χ2v) is 10.4. The predicted molar refractivity (Wildman–Crippen MR) is 155 cm³/mol. The van der Waals surface area contributed by atoms with E-state index in [4.69, 9.17) is 11.6 Å². The number of allylic oxidation sites excluding steroid dienone is 2. The first-order chi connectivity index (χ1) is 18.3. The van der Waals surface area contributed by atoms with Crippen LogP contribution in [0.15, 0.2) is 94.7 Å². The summed E-state index contributed by atoms with van der Waals surface area (Å²) in [6.07, 6.45) is 0. The first kappa shape index (κ1) is 27.1. The lowest BCUT2D eigenvalue weighted by Crippen LogP contribution is -2.31. The van der Waals surface area contributed by atoms with Gasteiger partial charge in [0.05, 0.1) is 28.3 Å². The normalized spacial score (nSPS) is 15.0. The summed E-state index contributed by atoms with van der Waals surface area (Å²) in [5.41, 5.74) is 5.69. The van der Waals surface area contributed by atoms with E-state index in [1.54, 1.807) is 31.2 Å². The number of hydrogen-bond acceptors (Lipinski definition) is 5. The highest BCUT2D eigenvalue weighted by Gasteiger charge is 2.34. The van der Waals surface area contributed by atoms with Gasteiger partial charge in [0.1, 0.15) is 0 Å². The van der Waals surface area contributed by atoms with Crippen LogP contribution >= 0.6 is 23.4 Å². The van der Waals surface area contributed by atoms with Gasteiger partial charge in [-0.05, 0) is 62.2 Å². The maximum atomic E-state index is 13.5. The quantitative estimate of drug-likeness (QED) is 0.310. The molecule has 1 aliphatic rings. The number of aryl methyl sites for hydroxylation is 2. The van der Waals surface area contributed by atoms with Gasteiger partial charge in [0.25, 0.3) is 5.91 Å². The van der Waals surface area contributed by atoms with E-state index in [0.717, 1.165) is 22.4 Å². The van der Waals surface area contributed by atoms with Gasteiger partial charge in [-0.15, -0.1) is 0 Å². The van der Waals surface area contributed by atoms with Crippen LogP contribution in [0.4, 0.5) is 11.4 Å². The second kappa shape index (κ2) is 12.0. The number of nitriles is 1. The standard InChI is InChI=1S/C30H27ClN4O2S/c1-18-9-14-25(19(2)15-18)35-26(36)17-38-30-24(16-32)28(21-7-5-4-6-8-21)27(20(3)33-30)29(37)34-23-12-10-22(31)11-13-23/h4-15,28,33H,17H2,1-3H3,(H,34,37)(H,35,36). The van der Waals surface area contributed by atoms with Crippen molar-refractivity contribution in [3.05, 3.63) is 116 Å². The summed E-state index contributed by atoms with van der Waals surface area (Å²) in [6, 6.07) is 24.4. The molecule has 4 rings (SSSR count). The number of carbonyl (C=O) groups excluding carboxylic acids is 2. The van der Waals surface area contributed by atoms with Gasteiger partial charge in [-0.25, -0.2) is 0 Å². The number of benzene rings is 3. The van der Waals surface area contributed by atoms with Crippen LogP contribution in [-0.4, -0.2) is 17.6 Å². The smallest absolute Gasteiger partial charge is 0.254 e. The van der Waals surface area contributed by atoms with Crippen molar-refractivity contribution < 1.29 is 9.59 Å². The molecule has 2 amide bonds. The molecule has 1 atom stereocenters. The predicted octanol–water partition coefficient (Wildman–Crippen LogP) is 6.66. The highest BCUT2D eigenvalue weighted by Crippen LogP contribution is 2.41. The Morgan fingerprint density at radius 1 is 1.00 bits per heavy atom. The summed E-state index contributed by atoms with van der Waals surface area (Å²) in [5.74, 6) is -1.00. The largest absolute Gasteiger partial charge is 0.353 e. The Balaban J connectivity index is 1.60. The van der Waals surface area contributed by atoms with Crippen molar-refractivity contribution in [2.75, 3.05) is 16.4 Å². The number of halogens is 1. The van der Waals surface area contributed by atoms with Gasteiger partial charge in [-0.3, -0.25) is 9.59 Å². The number of amides is 2. The number of carbonyl (C=O) groups is 2. The highest BCUT2D eigenvalue weighted by molar-refractivity contribution is 8.03. The molecule has 0 aromatic heterocycles. The van der Waals surface area contributed by atoms with Crippen molar-refractivity contribution in [3.63, 3.8) is 0 Å². The summed E-state index contributed by atoms with van der Waals surface area (Å²) in [4.78, 5) is 26.3. The van der Waals surface area contributed by atoms with E-state index >= 15 is 0 Å². The zero-order chi connectivity index (χ0) is 27.2. The molecular weight excluding hydrogens is 516 g/mol. The lowest BCUT2D eigenvalue weighted by Gasteiger charge is -2.30. The number of nitrogens with one attached hydrogen (secondary N) is 3. The molecule has 8 heteroatoms. The summed E-state index contributed by atoms with van der Waals surface area (Å²) in [5, 5.41) is 20.4. The molecule has 0 aliphatic carbocycles. The monoisotopic (exact) mass is 542 g/mol. The maximum Gasteiger partial charge on any atom is 0.254 e. The first-order valence-corrected chi connectivity index (χ1v) is 13.4. The number of anilines is 2. The Bertz CT molecular complexity index is 1470. The Kier molecular flexibility index (Phi) is 8.57. The molecular formula is C30H27ClN4O2S. The molecule has 0 bridgehead atoms. The van der Waals surface area contributed by atoms with Gasteiger partial charge >= 0.3 is 0 Å². The summed E-state index contributed by atoms with van der Waals surface area (Å²) >= 11 is 7.22. The molecule has 1 heterocycles. The highest BCUT2D eigenvalue weighted by atomic mass is 35.5. The summed E-state index contributed by atoms with van der Waals surface area (Å²) < 4.78 is 0. The molecule has 38 heavy (non-hydrogen) atoms. The molecule has 0 saturated heterocycles. The van der Waals surface area contributed by atoms with Gasteiger partial charge in [-0.1, -0.05) is 71.4 Å². The lowest BCUT2D eigenvalue weighted by molar-refractivity contribution is -0.114. The zero-order valence-electron chi connectivity index (χ0n) is 21.3. The second-order valence-electron chi connectivity index (χ2n) is 8.98. The van der Waals surface area contributed by atoms with Crippen molar-refractivity contribution in [2.24, 2.45) is 0 Å². The number of dihydropyridines is 1. The molecule has 6 nitrogen and oxygen atoms in total. The average Bonchev–Trinajstić information content (AvgIpc) is 2.90. The number of thioether (sulfide) groups is 1. The Labute approximate surface area is 231 Å². The van der Waals surface area contributed by atoms with E-state index in [2.05, 4.69) is 22.0 Å². The van der Waals surface area contributed by atoms with Crippen LogP contribution in [-0.2, 0) is 9.59 Å². The third-order valence-corrected chi connectivity index (χ3v) is 7.40. The van der Waals surface area contributed by atoms with Crippen molar-refractivity contribution in [2.45, 2.75) is 26.7 Å². The Morgan fingerprint density at radius 2 is 1.71 bits per heavy atom. The lowest BCUT2D eigenvalue weighted by atomic mass is 9.82. The van der Waals surface area contributed by atoms with E-state index in [-0.39, 0.29) is 17.6 Å². The van der Waals surface area contributed by atoms with E-state index in [1.807, 2.05) is 62.4 Å². The molecule has 0 radical (unpaired) electrons. The van der Waals surface area contributed by atoms with Gasteiger partial charge in [-0.2, -0.15) is 5.26 Å². The fourth-order valence-corrected chi connectivity index (χ4v) is 5.33. The molecule has 0 spiro atoms. The van der Waals surface area contributed by atoms with Crippen LogP contribution < -0.4 is 16.0 Å². The minimum atomic E-state index is -0.598. The molecule has 3 aromatic rings. The zero-order valence-corrected chi connectivity index (χ0v) is 22.8. The van der Waals surface area contributed by atoms with Crippen LogP contribution in [0.3, 0.4) is 0 Å². The van der Waals surface area contributed by atoms with Crippen molar-refractivity contribution in [1.82, 2.24) is 5.32 Å². The molecule has 192 valence electrons. The molecule has 0 fully saturated rings. The molecule has 3 N–H and O–H groups in total. The van der Waals surface area contributed by atoms with Crippen LogP contribution in [0.25, 0.3) is 0 Å². The van der Waals surface area contributed by atoms with E-state index in [1.165, 1.54) is 11.8 Å². The third kappa shape index (κ3) is 6.28. The summed E-state index contributed by atoms with van der Waals surface area (Å²) in [7, 11) is 0. The van der Waals surface area contributed by atoms with Crippen LogP contribution in [0, 0.1) is 25.2 Å². The Hall–Kier alpha value is -3.99. The fourth-order valence-electron chi connectivity index (χ4n) is 4.32. The number of rotatable bonds is 7. The SMILES string of the molecule is CC1=C(C(=O)Nc2ccc(Cl)cc2)C(c2ccccc2)C(C#N)=C(SCC(=O)Nc2ccc(C)cc2C)N1. The Morgan fingerprint density at radius 3 is 2.37 bits per heavy atom. The fraction of sp³-hybridized carbons (Fsp3) is 0.167. The summed E-state index contributed by atoms with van der Waals surface area (Å²) in [6.45, 7) is 5.75. The molecule has 1 unspecified atom stereocenters. The van der Waals surface area contributed by atoms with Gasteiger partial charge in [0.2, 0.25) is 5.91 Å². The number of nitrogens with zero attached hydrogens (tertiary/aromatic N) is 1. The van der Waals surface area contributed by atoms with E-state index < -0.39 is 5.92 Å². The maximum absolute atomic E-state index is 13.5. The van der Waals surface area contributed by atoms with Crippen molar-refractivity contribution in [3.8, 4) is 6.07 Å². The van der Waals surface area contributed by atoms with Crippen molar-refractivity contribution in [1.29, 1.82) is 5.26 Å². The third-order valence-electron chi connectivity index (χ3n) is 6.13. The first-order valence-electron chi connectivity index (χ1n) is 12.0. The minimum absolute atomic E-state index is 0.0991. The van der Waals surface area contributed by atoms with Crippen LogP contribution in [0.5, 0.6) is 0 Å². The van der Waals surface area contributed by atoms with Crippen molar-refractivity contribution >= 4 is 46.6 Å². The van der Waals surface area contributed by atoms with Gasteiger partial charge < -0.3 is 16.0 Å². The van der Waals surface area contributed by atoms with E-state index in [0.29, 0.717) is 32.6 Å². The topological polar surface area (TPSA) is 94.0 Å². The van der Waals surface area contributed by atoms with Gasteiger partial charge in [0, 0.05) is 27.7 Å².